The molecule has 118 valence electrons. The average Bonchev–Trinajstić information content (AvgIpc) is 2.95. The van der Waals surface area contributed by atoms with Gasteiger partial charge in [0.2, 0.25) is 11.5 Å². The van der Waals surface area contributed by atoms with E-state index >= 15 is 0 Å². The highest BCUT2D eigenvalue weighted by molar-refractivity contribution is 6.06. The van der Waals surface area contributed by atoms with Crippen LogP contribution in [-0.2, 0) is 11.3 Å². The van der Waals surface area contributed by atoms with Crippen LogP contribution in [0, 0.1) is 0 Å². The molecule has 0 atom stereocenters. The molecule has 7 nitrogen and oxygen atoms in total. The number of carboxylic acid groups (broad SMARTS) is 1. The molecule has 0 aliphatic carbocycles. The summed E-state index contributed by atoms with van der Waals surface area (Å²) in [5.74, 6) is -3.32. The molecule has 0 radical (unpaired) electrons. The van der Waals surface area contributed by atoms with E-state index in [0.29, 0.717) is 11.6 Å². The van der Waals surface area contributed by atoms with Crippen molar-refractivity contribution in [2.75, 3.05) is 0 Å². The van der Waals surface area contributed by atoms with Gasteiger partial charge in [-0.15, -0.1) is 0 Å². The summed E-state index contributed by atoms with van der Waals surface area (Å²) in [5.41, 5.74) is 1.55. The molecule has 0 aliphatic rings. The maximum Gasteiger partial charge on any atom is 0.371 e. The van der Waals surface area contributed by atoms with Gasteiger partial charge in [-0.25, -0.2) is 4.79 Å². The molecule has 0 saturated carbocycles. The van der Waals surface area contributed by atoms with Gasteiger partial charge < -0.3 is 10.2 Å². The van der Waals surface area contributed by atoms with Crippen molar-refractivity contribution in [3.63, 3.8) is 0 Å². The molecule has 0 saturated heterocycles. The predicted molar refractivity (Wildman–Crippen MR) is 80.5 cm³/mol. The largest absolute Gasteiger partial charge is 0.502 e. The highest BCUT2D eigenvalue weighted by atomic mass is 16.4. The lowest BCUT2D eigenvalue weighted by atomic mass is 10.1. The number of Topliss-reactive ketones (excluding diaryl/α,β-unsaturated/α-hetero) is 1. The van der Waals surface area contributed by atoms with E-state index in [0.717, 1.165) is 5.56 Å². The Morgan fingerprint density at radius 1 is 1.13 bits per heavy atom. The first-order valence-corrected chi connectivity index (χ1v) is 6.68. The summed E-state index contributed by atoms with van der Waals surface area (Å²) < 4.78 is 1.39. The minimum absolute atomic E-state index is 0.0409. The fourth-order valence-corrected chi connectivity index (χ4v) is 1.95. The SMILES string of the molecule is CC(=O)c1ccc(Cn2nccc2C(=O)C=C(O)C(=O)O)cc1. The zero-order valence-electron chi connectivity index (χ0n) is 12.3. The lowest BCUT2D eigenvalue weighted by Gasteiger charge is -2.06. The molecule has 0 aliphatic heterocycles. The number of benzene rings is 1. The number of ketones is 2. The third-order valence-corrected chi connectivity index (χ3v) is 3.15. The standard InChI is InChI=1S/C16H14N2O5/c1-10(19)12-4-2-11(3-5-12)9-18-13(6-7-17-18)14(20)8-15(21)16(22)23/h2-8,21H,9H2,1H3,(H,22,23). The normalized spacial score (nSPS) is 11.3. The van der Waals surface area contributed by atoms with E-state index in [-0.39, 0.29) is 18.0 Å². The van der Waals surface area contributed by atoms with Crippen LogP contribution < -0.4 is 0 Å². The molecule has 23 heavy (non-hydrogen) atoms. The van der Waals surface area contributed by atoms with Crippen molar-refractivity contribution in [1.29, 1.82) is 0 Å². The van der Waals surface area contributed by atoms with Gasteiger partial charge in [0.1, 0.15) is 5.69 Å². The molecule has 7 heteroatoms. The molecule has 0 fully saturated rings. The summed E-state index contributed by atoms with van der Waals surface area (Å²) in [6, 6.07) is 8.28. The molecule has 0 spiro atoms. The minimum Gasteiger partial charge on any atom is -0.502 e. The number of aliphatic hydroxyl groups is 1. The third-order valence-electron chi connectivity index (χ3n) is 3.15. The van der Waals surface area contributed by atoms with Crippen LogP contribution in [0.2, 0.25) is 0 Å². The Kier molecular flexibility index (Phi) is 4.70. The number of carbonyl (C=O) groups excluding carboxylic acids is 2. The van der Waals surface area contributed by atoms with Crippen LogP contribution in [0.3, 0.4) is 0 Å². The number of carboxylic acids is 1. The molecule has 1 heterocycles. The summed E-state index contributed by atoms with van der Waals surface area (Å²) in [6.07, 6.45) is 2.04. The van der Waals surface area contributed by atoms with Gasteiger partial charge in [-0.2, -0.15) is 5.10 Å². The first-order valence-electron chi connectivity index (χ1n) is 6.68. The van der Waals surface area contributed by atoms with Gasteiger partial charge in [0, 0.05) is 17.8 Å². The zero-order valence-corrected chi connectivity index (χ0v) is 12.3. The smallest absolute Gasteiger partial charge is 0.371 e. The molecular weight excluding hydrogens is 300 g/mol. The summed E-state index contributed by atoms with van der Waals surface area (Å²) in [7, 11) is 0. The van der Waals surface area contributed by atoms with Crippen LogP contribution in [0.15, 0.2) is 48.4 Å². The van der Waals surface area contributed by atoms with E-state index in [9.17, 15) is 14.4 Å². The first-order chi connectivity index (χ1) is 10.9. The molecule has 1 aromatic carbocycles. The van der Waals surface area contributed by atoms with Gasteiger partial charge in [0.25, 0.3) is 0 Å². The Morgan fingerprint density at radius 3 is 2.35 bits per heavy atom. The Balaban J connectivity index is 2.21. The topological polar surface area (TPSA) is 109 Å². The number of aliphatic carboxylic acids is 1. The number of allylic oxidation sites excluding steroid dienone is 1. The fourth-order valence-electron chi connectivity index (χ4n) is 1.95. The first kappa shape index (κ1) is 16.2. The van der Waals surface area contributed by atoms with Crippen LogP contribution >= 0.6 is 0 Å². The van der Waals surface area contributed by atoms with Crippen molar-refractivity contribution in [2.24, 2.45) is 0 Å². The molecular formula is C16H14N2O5. The van der Waals surface area contributed by atoms with E-state index in [1.54, 1.807) is 24.3 Å². The molecule has 2 aromatic rings. The number of nitrogens with zero attached hydrogens (tertiary/aromatic N) is 2. The molecule has 2 N–H and O–H groups in total. The number of aliphatic hydroxyl groups excluding tert-OH is 1. The maximum atomic E-state index is 12.0. The van der Waals surface area contributed by atoms with Gasteiger partial charge in [-0.05, 0) is 18.6 Å². The second kappa shape index (κ2) is 6.69. The summed E-state index contributed by atoms with van der Waals surface area (Å²) in [4.78, 5) is 33.8. The van der Waals surface area contributed by atoms with Crippen molar-refractivity contribution in [3.8, 4) is 0 Å². The Morgan fingerprint density at radius 2 is 1.78 bits per heavy atom. The van der Waals surface area contributed by atoms with Gasteiger partial charge in [0.05, 0.1) is 6.54 Å². The lowest BCUT2D eigenvalue weighted by molar-refractivity contribution is -0.135. The molecule has 2 rings (SSSR count). The van der Waals surface area contributed by atoms with E-state index in [1.807, 2.05) is 0 Å². The number of aromatic nitrogens is 2. The Labute approximate surface area is 131 Å². The fraction of sp³-hybridized carbons (Fsp3) is 0.125. The third kappa shape index (κ3) is 3.91. The van der Waals surface area contributed by atoms with Crippen molar-refractivity contribution in [2.45, 2.75) is 13.5 Å². The van der Waals surface area contributed by atoms with Crippen molar-refractivity contribution in [3.05, 3.63) is 65.2 Å². The predicted octanol–water partition coefficient (Wildman–Crippen LogP) is 1.84. The lowest BCUT2D eigenvalue weighted by Crippen LogP contribution is -2.12. The maximum absolute atomic E-state index is 12.0. The van der Waals surface area contributed by atoms with E-state index in [1.165, 1.54) is 23.9 Å². The quantitative estimate of drug-likeness (QED) is 0.478. The number of hydrogen-bond donors (Lipinski definition) is 2. The van der Waals surface area contributed by atoms with E-state index in [2.05, 4.69) is 5.10 Å². The van der Waals surface area contributed by atoms with Gasteiger partial charge in [-0.3, -0.25) is 14.3 Å². The molecule has 0 bridgehead atoms. The van der Waals surface area contributed by atoms with E-state index in [4.69, 9.17) is 10.2 Å². The van der Waals surface area contributed by atoms with Crippen LogP contribution in [0.1, 0.15) is 33.3 Å². The summed E-state index contributed by atoms with van der Waals surface area (Å²) in [5, 5.41) is 21.7. The van der Waals surface area contributed by atoms with Gasteiger partial charge in [0.15, 0.2) is 5.78 Å². The molecule has 1 aromatic heterocycles. The van der Waals surface area contributed by atoms with Crippen molar-refractivity contribution >= 4 is 17.5 Å². The number of rotatable bonds is 6. The second-order valence-corrected chi connectivity index (χ2v) is 4.83. The highest BCUT2D eigenvalue weighted by Gasteiger charge is 2.14. The van der Waals surface area contributed by atoms with Crippen LogP contribution in [0.25, 0.3) is 0 Å². The molecule has 0 unspecified atom stereocenters. The Bertz CT molecular complexity index is 787. The second-order valence-electron chi connectivity index (χ2n) is 4.83. The summed E-state index contributed by atoms with van der Waals surface area (Å²) >= 11 is 0. The van der Waals surface area contributed by atoms with Crippen LogP contribution in [0.4, 0.5) is 0 Å². The number of carbonyl (C=O) groups is 3. The number of hydrogen-bond acceptors (Lipinski definition) is 5. The zero-order chi connectivity index (χ0) is 17.0. The average molecular weight is 314 g/mol. The molecule has 0 amide bonds. The van der Waals surface area contributed by atoms with Crippen LogP contribution in [0.5, 0.6) is 0 Å². The highest BCUT2D eigenvalue weighted by Crippen LogP contribution is 2.10. The van der Waals surface area contributed by atoms with Crippen molar-refractivity contribution < 1.29 is 24.6 Å². The van der Waals surface area contributed by atoms with E-state index < -0.39 is 17.5 Å². The Hall–Kier alpha value is -3.22. The minimum atomic E-state index is -1.58. The van der Waals surface area contributed by atoms with Gasteiger partial charge in [-0.1, -0.05) is 24.3 Å². The monoisotopic (exact) mass is 314 g/mol. The van der Waals surface area contributed by atoms with Crippen molar-refractivity contribution in [1.82, 2.24) is 9.78 Å². The summed E-state index contributed by atoms with van der Waals surface area (Å²) in [6.45, 7) is 1.74. The van der Waals surface area contributed by atoms with Gasteiger partial charge >= 0.3 is 5.97 Å². The van der Waals surface area contributed by atoms with Crippen LogP contribution in [-0.4, -0.2) is 37.5 Å².